The largest absolute Gasteiger partial charge is 0.380 e. The van der Waals surface area contributed by atoms with Crippen LogP contribution in [0.15, 0.2) is 42.5 Å². The molecule has 0 fully saturated rings. The smallest absolute Gasteiger partial charge is 0.186 e. The molecule has 0 aliphatic carbocycles. The molecule has 0 spiro atoms. The molecule has 0 saturated heterocycles. The van der Waals surface area contributed by atoms with Gasteiger partial charge >= 0.3 is 0 Å². The minimum Gasteiger partial charge on any atom is -0.380 e. The van der Waals surface area contributed by atoms with Crippen molar-refractivity contribution in [3.8, 4) is 17.2 Å². The van der Waals surface area contributed by atoms with E-state index in [4.69, 9.17) is 0 Å². The molecule has 0 atom stereocenters. The lowest BCUT2D eigenvalue weighted by molar-refractivity contribution is 0.631. The van der Waals surface area contributed by atoms with Crippen molar-refractivity contribution < 1.29 is 4.39 Å². The van der Waals surface area contributed by atoms with Gasteiger partial charge in [0.2, 0.25) is 0 Å². The third-order valence-corrected chi connectivity index (χ3v) is 3.49. The molecule has 0 amide bonds. The van der Waals surface area contributed by atoms with Gasteiger partial charge in [-0.25, -0.2) is 4.39 Å². The zero-order chi connectivity index (χ0) is 16.4. The van der Waals surface area contributed by atoms with Crippen LogP contribution in [0.2, 0.25) is 0 Å². The van der Waals surface area contributed by atoms with E-state index in [0.29, 0.717) is 16.8 Å². The zero-order valence-corrected chi connectivity index (χ0v) is 12.8. The van der Waals surface area contributed by atoms with Gasteiger partial charge < -0.3 is 5.32 Å². The van der Waals surface area contributed by atoms with Crippen molar-refractivity contribution in [2.45, 2.75) is 19.9 Å². The quantitative estimate of drug-likeness (QED) is 0.790. The molecular weight excluding hydrogens is 291 g/mol. The molecule has 4 nitrogen and oxygen atoms in total. The maximum Gasteiger partial charge on any atom is 0.186 e. The first kappa shape index (κ1) is 14.9. The number of anilines is 1. The number of aromatic nitrogens is 2. The Morgan fingerprint density at radius 2 is 1.91 bits per heavy atom. The van der Waals surface area contributed by atoms with E-state index in [1.165, 1.54) is 6.07 Å². The summed E-state index contributed by atoms with van der Waals surface area (Å²) in [5.74, 6) is -0.283. The maximum absolute atomic E-state index is 14.0. The molecular formula is C18H15FN4. The molecule has 0 aliphatic rings. The van der Waals surface area contributed by atoms with E-state index in [1.807, 2.05) is 26.0 Å². The zero-order valence-electron chi connectivity index (χ0n) is 12.8. The Morgan fingerprint density at radius 1 is 1.13 bits per heavy atom. The first-order chi connectivity index (χ1) is 11.1. The number of nitrogens with one attached hydrogen (secondary N) is 1. The second-order valence-corrected chi connectivity index (χ2v) is 5.55. The second-order valence-electron chi connectivity index (χ2n) is 5.55. The Hall–Kier alpha value is -3.00. The fraction of sp³-hybridized carbons (Fsp3) is 0.167. The molecule has 5 heteroatoms. The third kappa shape index (κ3) is 2.84. The summed E-state index contributed by atoms with van der Waals surface area (Å²) in [6, 6.07) is 14.3. The fourth-order valence-corrected chi connectivity index (χ4v) is 2.48. The van der Waals surface area contributed by atoms with Gasteiger partial charge in [0.15, 0.2) is 5.69 Å². The van der Waals surface area contributed by atoms with Crippen LogP contribution in [-0.2, 0) is 0 Å². The predicted molar refractivity (Wildman–Crippen MR) is 88.4 cm³/mol. The van der Waals surface area contributed by atoms with E-state index in [1.54, 1.807) is 24.3 Å². The molecule has 0 bridgehead atoms. The van der Waals surface area contributed by atoms with E-state index in [2.05, 4.69) is 21.6 Å². The number of hydrogen-bond donors (Lipinski definition) is 1. The lowest BCUT2D eigenvalue weighted by Crippen LogP contribution is -2.12. The van der Waals surface area contributed by atoms with Crippen molar-refractivity contribution in [2.75, 3.05) is 5.32 Å². The Kier molecular flexibility index (Phi) is 3.90. The van der Waals surface area contributed by atoms with E-state index in [0.717, 1.165) is 10.9 Å². The highest BCUT2D eigenvalue weighted by Gasteiger charge is 2.13. The van der Waals surface area contributed by atoms with Crippen LogP contribution < -0.4 is 5.32 Å². The summed E-state index contributed by atoms with van der Waals surface area (Å²) in [5, 5.41) is 21.3. The number of fused-ring (bicyclic) bond motifs is 1. The summed E-state index contributed by atoms with van der Waals surface area (Å²) < 4.78 is 14.0. The van der Waals surface area contributed by atoms with Crippen LogP contribution in [0.25, 0.3) is 22.0 Å². The number of rotatable bonds is 3. The summed E-state index contributed by atoms with van der Waals surface area (Å²) in [6.45, 7) is 3.97. The van der Waals surface area contributed by atoms with Crippen LogP contribution in [-0.4, -0.2) is 16.2 Å². The highest BCUT2D eigenvalue weighted by molar-refractivity contribution is 5.95. The Morgan fingerprint density at radius 3 is 2.61 bits per heavy atom. The highest BCUT2D eigenvalue weighted by Crippen LogP contribution is 2.30. The van der Waals surface area contributed by atoms with Crippen molar-refractivity contribution in [1.82, 2.24) is 10.2 Å². The number of halogens is 1. The van der Waals surface area contributed by atoms with E-state index in [9.17, 15) is 9.65 Å². The van der Waals surface area contributed by atoms with Gasteiger partial charge in [-0.15, -0.1) is 10.2 Å². The number of hydrogen-bond acceptors (Lipinski definition) is 4. The molecule has 114 valence electrons. The van der Waals surface area contributed by atoms with Crippen LogP contribution in [0, 0.1) is 17.1 Å². The molecule has 1 aromatic heterocycles. The molecule has 1 N–H and O–H groups in total. The van der Waals surface area contributed by atoms with Gasteiger partial charge in [-0.1, -0.05) is 24.3 Å². The summed E-state index contributed by atoms with van der Waals surface area (Å²) in [5.41, 5.74) is 2.77. The van der Waals surface area contributed by atoms with Gasteiger partial charge in [-0.2, -0.15) is 5.26 Å². The summed E-state index contributed by atoms with van der Waals surface area (Å²) in [6.07, 6.45) is 0. The molecule has 3 aromatic rings. The van der Waals surface area contributed by atoms with Gasteiger partial charge in [-0.3, -0.25) is 0 Å². The van der Waals surface area contributed by atoms with Gasteiger partial charge in [0.05, 0.1) is 11.2 Å². The third-order valence-electron chi connectivity index (χ3n) is 3.49. The minimum absolute atomic E-state index is 0.153. The van der Waals surface area contributed by atoms with Crippen LogP contribution in [0.3, 0.4) is 0 Å². The van der Waals surface area contributed by atoms with Crippen LogP contribution in [0.5, 0.6) is 0 Å². The number of benzene rings is 2. The summed E-state index contributed by atoms with van der Waals surface area (Å²) >= 11 is 0. The average Bonchev–Trinajstić information content (AvgIpc) is 2.54. The van der Waals surface area contributed by atoms with Crippen LogP contribution in [0.1, 0.15) is 19.5 Å². The monoisotopic (exact) mass is 306 g/mol. The molecule has 23 heavy (non-hydrogen) atoms. The van der Waals surface area contributed by atoms with E-state index < -0.39 is 0 Å². The molecule has 0 unspecified atom stereocenters. The van der Waals surface area contributed by atoms with Crippen molar-refractivity contribution in [1.29, 1.82) is 5.26 Å². The van der Waals surface area contributed by atoms with Gasteiger partial charge in [-0.05, 0) is 37.6 Å². The lowest BCUT2D eigenvalue weighted by atomic mass is 10.0. The van der Waals surface area contributed by atoms with Crippen LogP contribution >= 0.6 is 0 Å². The van der Waals surface area contributed by atoms with Gasteiger partial charge in [0, 0.05) is 17.0 Å². The second kappa shape index (κ2) is 6.01. The van der Waals surface area contributed by atoms with Crippen molar-refractivity contribution >= 4 is 16.6 Å². The SMILES string of the molecule is CC(C)Nc1c(C#N)nnc2cc(-c3ccccc3F)ccc12. The standard InChI is InChI=1S/C18H15FN4/c1-11(2)21-18-14-8-7-12(13-5-3-4-6-15(13)19)9-16(14)22-23-17(18)10-20/h3-9,11H,1-2H3,(H,21,22). The highest BCUT2D eigenvalue weighted by atomic mass is 19.1. The van der Waals surface area contributed by atoms with E-state index in [-0.39, 0.29) is 17.6 Å². The summed E-state index contributed by atoms with van der Waals surface area (Å²) in [7, 11) is 0. The van der Waals surface area contributed by atoms with Crippen LogP contribution in [0.4, 0.5) is 10.1 Å². The Balaban J connectivity index is 2.19. The number of nitrogens with zero attached hydrogens (tertiary/aromatic N) is 3. The molecule has 2 aromatic carbocycles. The molecule has 0 saturated carbocycles. The first-order valence-electron chi connectivity index (χ1n) is 7.32. The van der Waals surface area contributed by atoms with Crippen molar-refractivity contribution in [3.05, 3.63) is 54.0 Å². The average molecular weight is 306 g/mol. The Bertz CT molecular complexity index is 913. The molecule has 1 heterocycles. The normalized spacial score (nSPS) is 10.7. The molecule has 0 radical (unpaired) electrons. The Labute approximate surface area is 133 Å². The van der Waals surface area contributed by atoms with Gasteiger partial charge in [0.1, 0.15) is 11.9 Å². The predicted octanol–water partition coefficient (Wildman–Crippen LogP) is 4.13. The van der Waals surface area contributed by atoms with Crippen molar-refractivity contribution in [2.24, 2.45) is 0 Å². The minimum atomic E-state index is -0.283. The fourth-order valence-electron chi connectivity index (χ4n) is 2.48. The molecule has 0 aliphatic heterocycles. The van der Waals surface area contributed by atoms with Gasteiger partial charge in [0.25, 0.3) is 0 Å². The summed E-state index contributed by atoms with van der Waals surface area (Å²) in [4.78, 5) is 0. The number of nitriles is 1. The van der Waals surface area contributed by atoms with Crippen molar-refractivity contribution in [3.63, 3.8) is 0 Å². The lowest BCUT2D eigenvalue weighted by Gasteiger charge is -2.14. The molecule has 3 rings (SSSR count). The first-order valence-corrected chi connectivity index (χ1v) is 7.32. The maximum atomic E-state index is 14.0. The topological polar surface area (TPSA) is 61.6 Å². The van der Waals surface area contributed by atoms with E-state index >= 15 is 0 Å².